The van der Waals surface area contributed by atoms with E-state index in [9.17, 15) is 0 Å². The van der Waals surface area contributed by atoms with Crippen molar-refractivity contribution < 1.29 is 9.47 Å². The van der Waals surface area contributed by atoms with Crippen molar-refractivity contribution in [3.8, 4) is 22.6 Å². The number of anilines is 1. The monoisotopic (exact) mass is 391 g/mol. The van der Waals surface area contributed by atoms with Crippen LogP contribution in [0.25, 0.3) is 11.1 Å². The molecular formula is C18H22BrN3O2. The van der Waals surface area contributed by atoms with E-state index in [0.29, 0.717) is 12.4 Å². The molecule has 0 atom stereocenters. The fraction of sp³-hybridized carbons (Fsp3) is 0.389. The van der Waals surface area contributed by atoms with Crippen LogP contribution in [-0.4, -0.2) is 43.2 Å². The summed E-state index contributed by atoms with van der Waals surface area (Å²) in [5.74, 6) is 1.97. The second kappa shape index (κ2) is 7.85. The van der Waals surface area contributed by atoms with Crippen molar-refractivity contribution in [3.63, 3.8) is 0 Å². The lowest BCUT2D eigenvalue weighted by Crippen LogP contribution is -2.25. The van der Waals surface area contributed by atoms with E-state index in [-0.39, 0.29) is 0 Å². The molecule has 5 nitrogen and oxygen atoms in total. The molecule has 0 amide bonds. The van der Waals surface area contributed by atoms with Crippen LogP contribution in [0.5, 0.6) is 11.5 Å². The molecule has 2 heterocycles. The summed E-state index contributed by atoms with van der Waals surface area (Å²) in [5, 5.41) is 0. The van der Waals surface area contributed by atoms with Gasteiger partial charge in [0, 0.05) is 18.3 Å². The summed E-state index contributed by atoms with van der Waals surface area (Å²) in [6, 6.07) is 7.87. The van der Waals surface area contributed by atoms with Gasteiger partial charge in [0.2, 0.25) is 0 Å². The molecule has 0 spiro atoms. The number of nitrogens with two attached hydrogens (primary N) is 1. The Balaban J connectivity index is 1.71. The summed E-state index contributed by atoms with van der Waals surface area (Å²) in [5.41, 5.74) is 7.72. The van der Waals surface area contributed by atoms with Crippen LogP contribution in [0.4, 0.5) is 5.82 Å². The minimum atomic E-state index is 0.479. The minimum absolute atomic E-state index is 0.479. The van der Waals surface area contributed by atoms with Gasteiger partial charge in [-0.15, -0.1) is 0 Å². The first-order valence-corrected chi connectivity index (χ1v) is 8.91. The Labute approximate surface area is 150 Å². The Morgan fingerprint density at radius 3 is 2.67 bits per heavy atom. The number of methoxy groups -OCH3 is 1. The van der Waals surface area contributed by atoms with E-state index in [1.54, 1.807) is 13.3 Å². The maximum atomic E-state index is 5.91. The Morgan fingerprint density at radius 2 is 1.96 bits per heavy atom. The van der Waals surface area contributed by atoms with Gasteiger partial charge in [-0.3, -0.25) is 4.90 Å². The third kappa shape index (κ3) is 3.99. The Morgan fingerprint density at radius 1 is 1.17 bits per heavy atom. The van der Waals surface area contributed by atoms with Crippen molar-refractivity contribution in [1.29, 1.82) is 0 Å². The first kappa shape index (κ1) is 17.0. The number of halogens is 1. The van der Waals surface area contributed by atoms with Gasteiger partial charge in [0.15, 0.2) is 11.5 Å². The quantitative estimate of drug-likeness (QED) is 0.815. The highest BCUT2D eigenvalue weighted by Gasteiger charge is 2.12. The molecule has 1 aromatic heterocycles. The predicted molar refractivity (Wildman–Crippen MR) is 99.5 cm³/mol. The van der Waals surface area contributed by atoms with Gasteiger partial charge in [0.1, 0.15) is 12.4 Å². The number of benzene rings is 1. The van der Waals surface area contributed by atoms with Gasteiger partial charge in [-0.1, -0.05) is 6.07 Å². The number of ether oxygens (including phenoxy) is 2. The van der Waals surface area contributed by atoms with Crippen molar-refractivity contribution in [2.75, 3.05) is 39.1 Å². The number of nitrogen functional groups attached to an aromatic ring is 1. The summed E-state index contributed by atoms with van der Waals surface area (Å²) < 4.78 is 12.2. The fourth-order valence-electron chi connectivity index (χ4n) is 2.86. The zero-order valence-corrected chi connectivity index (χ0v) is 15.4. The van der Waals surface area contributed by atoms with Gasteiger partial charge in [-0.2, -0.15) is 0 Å². The average Bonchev–Trinajstić information content (AvgIpc) is 3.11. The van der Waals surface area contributed by atoms with Crippen LogP contribution in [-0.2, 0) is 0 Å². The zero-order chi connectivity index (χ0) is 16.9. The van der Waals surface area contributed by atoms with E-state index in [2.05, 4.69) is 25.8 Å². The summed E-state index contributed by atoms with van der Waals surface area (Å²) in [6.45, 7) is 3.99. The molecule has 3 rings (SSSR count). The molecule has 128 valence electrons. The normalized spacial score (nSPS) is 14.8. The maximum Gasteiger partial charge on any atom is 0.161 e. The van der Waals surface area contributed by atoms with Gasteiger partial charge < -0.3 is 15.2 Å². The van der Waals surface area contributed by atoms with Gasteiger partial charge in [0.25, 0.3) is 0 Å². The van der Waals surface area contributed by atoms with Crippen LogP contribution in [0.2, 0.25) is 0 Å². The first-order chi connectivity index (χ1) is 11.7. The second-order valence-corrected chi connectivity index (χ2v) is 6.71. The Hall–Kier alpha value is -1.79. The van der Waals surface area contributed by atoms with E-state index in [4.69, 9.17) is 15.2 Å². The fourth-order valence-corrected chi connectivity index (χ4v) is 3.21. The molecule has 1 saturated heterocycles. The maximum absolute atomic E-state index is 5.91. The smallest absolute Gasteiger partial charge is 0.161 e. The molecule has 1 aromatic carbocycles. The van der Waals surface area contributed by atoms with Crippen molar-refractivity contribution in [2.24, 2.45) is 0 Å². The number of rotatable bonds is 6. The standard InChI is InChI=1S/C18H22BrN3O2/c1-23-17-11-13(14-10-15(19)18(20)21-12-14)4-5-16(17)24-9-8-22-6-2-3-7-22/h4-5,10-12H,2-3,6-9H2,1H3,(H2,20,21). The van der Waals surface area contributed by atoms with E-state index in [0.717, 1.165) is 33.6 Å². The molecule has 24 heavy (non-hydrogen) atoms. The number of pyridine rings is 1. The van der Waals surface area contributed by atoms with Crippen LogP contribution in [0.15, 0.2) is 34.9 Å². The van der Waals surface area contributed by atoms with Gasteiger partial charge in [-0.05, 0) is 65.6 Å². The molecule has 0 saturated carbocycles. The summed E-state index contributed by atoms with van der Waals surface area (Å²) in [4.78, 5) is 6.61. The summed E-state index contributed by atoms with van der Waals surface area (Å²) >= 11 is 3.41. The Bertz CT molecular complexity index is 703. The lowest BCUT2D eigenvalue weighted by Gasteiger charge is -2.16. The molecule has 0 radical (unpaired) electrons. The van der Waals surface area contributed by atoms with E-state index < -0.39 is 0 Å². The molecule has 0 unspecified atom stereocenters. The van der Waals surface area contributed by atoms with Crippen molar-refractivity contribution >= 4 is 21.7 Å². The van der Waals surface area contributed by atoms with Crippen molar-refractivity contribution in [3.05, 3.63) is 34.9 Å². The highest BCUT2D eigenvalue weighted by atomic mass is 79.9. The number of aromatic nitrogens is 1. The molecule has 2 aromatic rings. The molecule has 1 aliphatic rings. The lowest BCUT2D eigenvalue weighted by atomic mass is 10.1. The number of likely N-dealkylation sites (tertiary alicyclic amines) is 1. The van der Waals surface area contributed by atoms with E-state index >= 15 is 0 Å². The highest BCUT2D eigenvalue weighted by molar-refractivity contribution is 9.10. The van der Waals surface area contributed by atoms with E-state index in [1.165, 1.54) is 25.9 Å². The molecule has 2 N–H and O–H groups in total. The van der Waals surface area contributed by atoms with Crippen LogP contribution in [0.1, 0.15) is 12.8 Å². The Kier molecular flexibility index (Phi) is 5.58. The largest absolute Gasteiger partial charge is 0.493 e. The molecule has 1 aliphatic heterocycles. The minimum Gasteiger partial charge on any atom is -0.493 e. The summed E-state index contributed by atoms with van der Waals surface area (Å²) in [6.07, 6.45) is 4.34. The van der Waals surface area contributed by atoms with Crippen LogP contribution < -0.4 is 15.2 Å². The van der Waals surface area contributed by atoms with Gasteiger partial charge in [0.05, 0.1) is 11.6 Å². The molecule has 1 fully saturated rings. The predicted octanol–water partition coefficient (Wildman–Crippen LogP) is 3.58. The molecule has 0 aliphatic carbocycles. The zero-order valence-electron chi connectivity index (χ0n) is 13.8. The van der Waals surface area contributed by atoms with Crippen LogP contribution in [0.3, 0.4) is 0 Å². The third-order valence-electron chi connectivity index (χ3n) is 4.23. The number of hydrogen-bond donors (Lipinski definition) is 1. The highest BCUT2D eigenvalue weighted by Crippen LogP contribution is 2.33. The van der Waals surface area contributed by atoms with Crippen LogP contribution in [0, 0.1) is 0 Å². The third-order valence-corrected chi connectivity index (χ3v) is 4.87. The number of nitrogens with zero attached hydrogens (tertiary/aromatic N) is 2. The SMILES string of the molecule is COc1cc(-c2cnc(N)c(Br)c2)ccc1OCCN1CCCC1. The lowest BCUT2D eigenvalue weighted by molar-refractivity contribution is 0.230. The molecule has 0 bridgehead atoms. The number of hydrogen-bond acceptors (Lipinski definition) is 5. The van der Waals surface area contributed by atoms with Gasteiger partial charge in [-0.25, -0.2) is 4.98 Å². The molecular weight excluding hydrogens is 370 g/mol. The average molecular weight is 392 g/mol. The van der Waals surface area contributed by atoms with Crippen molar-refractivity contribution in [1.82, 2.24) is 9.88 Å². The molecule has 6 heteroatoms. The van der Waals surface area contributed by atoms with Crippen LogP contribution >= 0.6 is 15.9 Å². The van der Waals surface area contributed by atoms with E-state index in [1.807, 2.05) is 24.3 Å². The van der Waals surface area contributed by atoms with Crippen molar-refractivity contribution in [2.45, 2.75) is 12.8 Å². The second-order valence-electron chi connectivity index (χ2n) is 5.85. The first-order valence-electron chi connectivity index (χ1n) is 8.12. The summed E-state index contributed by atoms with van der Waals surface area (Å²) in [7, 11) is 1.66. The topological polar surface area (TPSA) is 60.6 Å². The van der Waals surface area contributed by atoms with Gasteiger partial charge >= 0.3 is 0 Å².